The number of nitrogens with two attached hydrogens (primary N) is 1. The summed E-state index contributed by atoms with van der Waals surface area (Å²) in [5, 5.41) is 0. The monoisotopic (exact) mass is 290 g/mol. The predicted molar refractivity (Wildman–Crippen MR) is 78.3 cm³/mol. The highest BCUT2D eigenvalue weighted by Crippen LogP contribution is 2.27. The van der Waals surface area contributed by atoms with Crippen LogP contribution in [-0.2, 0) is 9.53 Å². The lowest BCUT2D eigenvalue weighted by Gasteiger charge is -2.39. The van der Waals surface area contributed by atoms with Crippen molar-refractivity contribution < 1.29 is 9.53 Å². The standard InChI is InChI=1S/C14H26N2O2.ClH/c1-10-6-7-16(9-13(10)18-2)14(17)11-4-3-5-12(15)8-11;/h10-13H,3-9,15H2,1-2H3;1H. The Balaban J connectivity index is 0.00000180. The average molecular weight is 291 g/mol. The summed E-state index contributed by atoms with van der Waals surface area (Å²) in [6.07, 6.45) is 5.28. The number of carbonyl (C=O) groups excluding carboxylic acids is 1. The number of methoxy groups -OCH3 is 1. The van der Waals surface area contributed by atoms with Crippen LogP contribution in [0.25, 0.3) is 0 Å². The number of hydrogen-bond acceptors (Lipinski definition) is 3. The van der Waals surface area contributed by atoms with E-state index in [2.05, 4.69) is 6.92 Å². The van der Waals surface area contributed by atoms with E-state index in [1.165, 1.54) is 0 Å². The third-order valence-corrected chi connectivity index (χ3v) is 4.57. The number of piperidine rings is 1. The number of amides is 1. The molecule has 2 N–H and O–H groups in total. The molecule has 1 aliphatic carbocycles. The van der Waals surface area contributed by atoms with Crippen molar-refractivity contribution >= 4 is 18.3 Å². The van der Waals surface area contributed by atoms with Gasteiger partial charge >= 0.3 is 0 Å². The minimum Gasteiger partial charge on any atom is -0.379 e. The van der Waals surface area contributed by atoms with E-state index in [-0.39, 0.29) is 30.5 Å². The Hall–Kier alpha value is -0.320. The topological polar surface area (TPSA) is 55.6 Å². The number of carbonyl (C=O) groups is 1. The fraction of sp³-hybridized carbons (Fsp3) is 0.929. The van der Waals surface area contributed by atoms with Crippen LogP contribution in [0.15, 0.2) is 0 Å². The van der Waals surface area contributed by atoms with Gasteiger partial charge in [0.15, 0.2) is 0 Å². The lowest BCUT2D eigenvalue weighted by Crippen LogP contribution is -2.49. The first-order valence-corrected chi connectivity index (χ1v) is 7.19. The van der Waals surface area contributed by atoms with Crippen molar-refractivity contribution in [2.75, 3.05) is 20.2 Å². The molecule has 2 rings (SSSR count). The molecule has 0 radical (unpaired) electrons. The van der Waals surface area contributed by atoms with Crippen molar-refractivity contribution in [2.24, 2.45) is 17.6 Å². The van der Waals surface area contributed by atoms with Crippen LogP contribution in [0.2, 0.25) is 0 Å². The summed E-state index contributed by atoms with van der Waals surface area (Å²) in [5.74, 6) is 1.01. The Bertz CT molecular complexity index is 301. The highest BCUT2D eigenvalue weighted by molar-refractivity contribution is 5.85. The maximum atomic E-state index is 12.5. The minimum atomic E-state index is 0. The van der Waals surface area contributed by atoms with Crippen LogP contribution in [0.4, 0.5) is 0 Å². The number of halogens is 1. The summed E-state index contributed by atoms with van der Waals surface area (Å²) in [5.41, 5.74) is 5.97. The third-order valence-electron chi connectivity index (χ3n) is 4.57. The molecule has 4 unspecified atom stereocenters. The predicted octanol–water partition coefficient (Wildman–Crippen LogP) is 1.81. The van der Waals surface area contributed by atoms with Crippen molar-refractivity contribution in [3.8, 4) is 0 Å². The SMILES string of the molecule is COC1CN(C(=O)C2CCCC(N)C2)CCC1C.Cl. The van der Waals surface area contributed by atoms with Gasteiger partial charge in [0.05, 0.1) is 6.10 Å². The fourth-order valence-corrected chi connectivity index (χ4v) is 3.25. The maximum absolute atomic E-state index is 12.5. The van der Waals surface area contributed by atoms with E-state index < -0.39 is 0 Å². The molecule has 1 heterocycles. The molecule has 5 heteroatoms. The average Bonchev–Trinajstić information content (AvgIpc) is 2.38. The summed E-state index contributed by atoms with van der Waals surface area (Å²) in [4.78, 5) is 14.5. The lowest BCUT2D eigenvalue weighted by atomic mass is 9.84. The van der Waals surface area contributed by atoms with Gasteiger partial charge in [-0.15, -0.1) is 12.4 Å². The first-order chi connectivity index (χ1) is 8.61. The zero-order chi connectivity index (χ0) is 13.1. The minimum absolute atomic E-state index is 0. The number of rotatable bonds is 2. The van der Waals surface area contributed by atoms with Crippen molar-refractivity contribution in [3.63, 3.8) is 0 Å². The van der Waals surface area contributed by atoms with E-state index in [1.54, 1.807) is 7.11 Å². The Morgan fingerprint density at radius 2 is 2.05 bits per heavy atom. The number of nitrogens with zero attached hydrogens (tertiary/aromatic N) is 1. The summed E-state index contributed by atoms with van der Waals surface area (Å²) in [6, 6.07) is 0.217. The summed E-state index contributed by atoms with van der Waals surface area (Å²) < 4.78 is 5.47. The quantitative estimate of drug-likeness (QED) is 0.844. The molecule has 0 spiro atoms. The van der Waals surface area contributed by atoms with Crippen molar-refractivity contribution in [1.29, 1.82) is 0 Å². The molecule has 1 saturated heterocycles. The first kappa shape index (κ1) is 16.7. The van der Waals surface area contributed by atoms with E-state index in [1.807, 2.05) is 4.90 Å². The molecule has 4 atom stereocenters. The molecule has 0 aromatic heterocycles. The molecule has 0 bridgehead atoms. The molecule has 0 aromatic carbocycles. The molecule has 0 aromatic rings. The lowest BCUT2D eigenvalue weighted by molar-refractivity contribution is -0.141. The second-order valence-corrected chi connectivity index (χ2v) is 5.95. The Kier molecular flexibility index (Phi) is 6.57. The number of ether oxygens (including phenoxy) is 1. The Labute approximate surface area is 122 Å². The van der Waals surface area contributed by atoms with Crippen LogP contribution >= 0.6 is 12.4 Å². The van der Waals surface area contributed by atoms with Gasteiger partial charge in [0.1, 0.15) is 0 Å². The van der Waals surface area contributed by atoms with Crippen molar-refractivity contribution in [2.45, 2.75) is 51.2 Å². The molecule has 112 valence electrons. The smallest absolute Gasteiger partial charge is 0.225 e. The van der Waals surface area contributed by atoms with Crippen molar-refractivity contribution in [1.82, 2.24) is 4.90 Å². The van der Waals surface area contributed by atoms with Gasteiger partial charge in [-0.25, -0.2) is 0 Å². The summed E-state index contributed by atoms with van der Waals surface area (Å²) in [6.45, 7) is 3.83. The fourth-order valence-electron chi connectivity index (χ4n) is 3.25. The number of hydrogen-bond donors (Lipinski definition) is 1. The molecule has 4 nitrogen and oxygen atoms in total. The van der Waals surface area contributed by atoms with Gasteiger partial charge in [-0.3, -0.25) is 4.79 Å². The van der Waals surface area contributed by atoms with Crippen molar-refractivity contribution in [3.05, 3.63) is 0 Å². The highest BCUT2D eigenvalue weighted by Gasteiger charge is 2.33. The van der Waals surface area contributed by atoms with Crippen LogP contribution in [-0.4, -0.2) is 43.2 Å². The van der Waals surface area contributed by atoms with E-state index in [0.717, 1.165) is 45.2 Å². The van der Waals surface area contributed by atoms with E-state index in [0.29, 0.717) is 11.8 Å². The van der Waals surface area contributed by atoms with Crippen LogP contribution in [0.3, 0.4) is 0 Å². The molecular formula is C14H27ClN2O2. The molecule has 1 saturated carbocycles. The molecule has 2 fully saturated rings. The first-order valence-electron chi connectivity index (χ1n) is 7.19. The highest BCUT2D eigenvalue weighted by atomic mass is 35.5. The Morgan fingerprint density at radius 1 is 1.32 bits per heavy atom. The molecule has 1 aliphatic heterocycles. The zero-order valence-corrected chi connectivity index (χ0v) is 12.8. The van der Waals surface area contributed by atoms with Crippen LogP contribution in [0.1, 0.15) is 39.0 Å². The van der Waals surface area contributed by atoms with E-state index >= 15 is 0 Å². The van der Waals surface area contributed by atoms with Gasteiger partial charge in [0, 0.05) is 32.2 Å². The Morgan fingerprint density at radius 3 is 2.68 bits per heavy atom. The second kappa shape index (κ2) is 7.46. The maximum Gasteiger partial charge on any atom is 0.225 e. The van der Waals surface area contributed by atoms with E-state index in [4.69, 9.17) is 10.5 Å². The van der Waals surface area contributed by atoms with Crippen LogP contribution in [0.5, 0.6) is 0 Å². The van der Waals surface area contributed by atoms with E-state index in [9.17, 15) is 4.79 Å². The molecular weight excluding hydrogens is 264 g/mol. The molecule has 1 amide bonds. The van der Waals surface area contributed by atoms with Crippen LogP contribution in [0, 0.1) is 11.8 Å². The number of likely N-dealkylation sites (tertiary alicyclic amines) is 1. The normalized spacial score (nSPS) is 35.6. The van der Waals surface area contributed by atoms with Gasteiger partial charge in [-0.2, -0.15) is 0 Å². The molecule has 2 aliphatic rings. The molecule has 19 heavy (non-hydrogen) atoms. The zero-order valence-electron chi connectivity index (χ0n) is 12.0. The van der Waals surface area contributed by atoms with Gasteiger partial charge in [0.25, 0.3) is 0 Å². The second-order valence-electron chi connectivity index (χ2n) is 5.95. The van der Waals surface area contributed by atoms with Gasteiger partial charge in [0.2, 0.25) is 5.91 Å². The van der Waals surface area contributed by atoms with Gasteiger partial charge in [-0.1, -0.05) is 13.3 Å². The summed E-state index contributed by atoms with van der Waals surface area (Å²) >= 11 is 0. The largest absolute Gasteiger partial charge is 0.379 e. The van der Waals surface area contributed by atoms with Crippen LogP contribution < -0.4 is 5.73 Å². The van der Waals surface area contributed by atoms with Gasteiger partial charge < -0.3 is 15.4 Å². The van der Waals surface area contributed by atoms with Gasteiger partial charge in [-0.05, 0) is 31.6 Å². The summed E-state index contributed by atoms with van der Waals surface area (Å²) in [7, 11) is 1.74. The third kappa shape index (κ3) is 4.07.